The third-order valence-electron chi connectivity index (χ3n) is 2.71. The van der Waals surface area contributed by atoms with Crippen LogP contribution in [0.25, 0.3) is 0 Å². The maximum Gasteiger partial charge on any atom is 0.408 e. The predicted octanol–water partition coefficient (Wildman–Crippen LogP) is 2.01. The van der Waals surface area contributed by atoms with Crippen LogP contribution in [0.3, 0.4) is 0 Å². The molecule has 0 saturated carbocycles. The van der Waals surface area contributed by atoms with Crippen molar-refractivity contribution >= 4 is 17.9 Å². The van der Waals surface area contributed by atoms with Crippen LogP contribution >= 0.6 is 0 Å². The zero-order chi connectivity index (χ0) is 17.9. The number of hydrogen-bond acceptors (Lipinski definition) is 6. The summed E-state index contributed by atoms with van der Waals surface area (Å²) >= 11 is 0. The number of hydrogen-bond donors (Lipinski definition) is 3. The largest absolute Gasteiger partial charge is 0.464 e. The first kappa shape index (κ1) is 21.0. The van der Waals surface area contributed by atoms with Crippen LogP contribution in [0.5, 0.6) is 0 Å². The molecule has 1 amide bonds. The van der Waals surface area contributed by atoms with Crippen molar-refractivity contribution in [1.29, 1.82) is 0 Å². The van der Waals surface area contributed by atoms with Crippen LogP contribution in [0.4, 0.5) is 4.79 Å². The fourth-order valence-corrected chi connectivity index (χ4v) is 1.72. The summed E-state index contributed by atoms with van der Waals surface area (Å²) in [6.07, 6.45) is 1.23. The molecule has 0 bridgehead atoms. The van der Waals surface area contributed by atoms with Crippen molar-refractivity contribution in [3.63, 3.8) is 0 Å². The summed E-state index contributed by atoms with van der Waals surface area (Å²) in [4.78, 5) is 23.7. The molecule has 0 aromatic carbocycles. The van der Waals surface area contributed by atoms with Crippen LogP contribution < -0.4 is 10.6 Å². The van der Waals surface area contributed by atoms with Crippen LogP contribution in [-0.4, -0.2) is 47.9 Å². The molecule has 1 unspecified atom stereocenters. The fourth-order valence-electron chi connectivity index (χ4n) is 1.72. The maximum atomic E-state index is 11.9. The Balaban J connectivity index is 4.36. The highest BCUT2D eigenvalue weighted by Crippen LogP contribution is 2.09. The highest BCUT2D eigenvalue weighted by atomic mass is 16.6. The Kier molecular flexibility index (Phi) is 9.76. The lowest BCUT2D eigenvalue weighted by molar-refractivity contribution is -0.145. The first-order valence-electron chi connectivity index (χ1n) is 7.78. The van der Waals surface area contributed by atoms with Crippen molar-refractivity contribution in [2.45, 2.75) is 65.5 Å². The average Bonchev–Trinajstić information content (AvgIpc) is 2.43. The second-order valence-electron chi connectivity index (χ2n) is 6.06. The van der Waals surface area contributed by atoms with E-state index in [0.29, 0.717) is 25.2 Å². The van der Waals surface area contributed by atoms with E-state index < -0.39 is 23.7 Å². The first-order valence-corrected chi connectivity index (χ1v) is 7.78. The van der Waals surface area contributed by atoms with Gasteiger partial charge in [0.05, 0.1) is 6.61 Å². The molecular formula is C15H29N3O5. The van der Waals surface area contributed by atoms with E-state index in [1.807, 2.05) is 0 Å². The highest BCUT2D eigenvalue weighted by Gasteiger charge is 2.24. The van der Waals surface area contributed by atoms with Crippen LogP contribution in [0.2, 0.25) is 0 Å². The summed E-state index contributed by atoms with van der Waals surface area (Å²) in [5.74, 6) is -0.0433. The lowest BCUT2D eigenvalue weighted by Crippen LogP contribution is -2.44. The van der Waals surface area contributed by atoms with Gasteiger partial charge in [-0.1, -0.05) is 5.16 Å². The van der Waals surface area contributed by atoms with Crippen molar-refractivity contribution < 1.29 is 24.3 Å². The van der Waals surface area contributed by atoms with E-state index in [4.69, 9.17) is 14.7 Å². The van der Waals surface area contributed by atoms with Crippen molar-refractivity contribution in [2.24, 2.45) is 5.16 Å². The SMILES string of the molecule is CCOC(=O)C(CCCCN/C(C)=N/O)NC(=O)OC(C)(C)C. The number of ether oxygens (including phenoxy) is 2. The average molecular weight is 331 g/mol. The van der Waals surface area contributed by atoms with Crippen molar-refractivity contribution in [3.05, 3.63) is 0 Å². The molecule has 134 valence electrons. The van der Waals surface area contributed by atoms with Gasteiger partial charge < -0.3 is 25.3 Å². The molecule has 0 fully saturated rings. The summed E-state index contributed by atoms with van der Waals surface area (Å²) in [7, 11) is 0. The summed E-state index contributed by atoms with van der Waals surface area (Å²) in [5.41, 5.74) is -0.631. The van der Waals surface area contributed by atoms with Gasteiger partial charge in [0.2, 0.25) is 0 Å². The van der Waals surface area contributed by atoms with E-state index in [9.17, 15) is 9.59 Å². The van der Waals surface area contributed by atoms with Crippen molar-refractivity contribution in [3.8, 4) is 0 Å². The third-order valence-corrected chi connectivity index (χ3v) is 2.71. The molecule has 0 aliphatic rings. The van der Waals surface area contributed by atoms with E-state index >= 15 is 0 Å². The Morgan fingerprint density at radius 2 is 1.91 bits per heavy atom. The van der Waals surface area contributed by atoms with Gasteiger partial charge in [0.1, 0.15) is 17.5 Å². The number of oxime groups is 1. The molecular weight excluding hydrogens is 302 g/mol. The molecule has 0 aromatic heterocycles. The molecule has 0 saturated heterocycles. The van der Waals surface area contributed by atoms with Crippen LogP contribution in [-0.2, 0) is 14.3 Å². The van der Waals surface area contributed by atoms with Gasteiger partial charge in [-0.15, -0.1) is 0 Å². The predicted molar refractivity (Wildman–Crippen MR) is 86.5 cm³/mol. The Hall–Kier alpha value is -1.99. The van der Waals surface area contributed by atoms with E-state index in [0.717, 1.165) is 6.42 Å². The number of unbranched alkanes of at least 4 members (excludes halogenated alkanes) is 1. The van der Waals surface area contributed by atoms with Gasteiger partial charge >= 0.3 is 12.1 Å². The number of rotatable bonds is 8. The van der Waals surface area contributed by atoms with Gasteiger partial charge in [-0.3, -0.25) is 0 Å². The summed E-state index contributed by atoms with van der Waals surface area (Å²) in [5, 5.41) is 17.0. The number of amidine groups is 1. The molecule has 8 heteroatoms. The van der Waals surface area contributed by atoms with E-state index in [1.54, 1.807) is 34.6 Å². The summed E-state index contributed by atoms with van der Waals surface area (Å²) < 4.78 is 10.1. The topological polar surface area (TPSA) is 109 Å². The second kappa shape index (κ2) is 10.7. The Labute approximate surface area is 137 Å². The van der Waals surface area contributed by atoms with Crippen molar-refractivity contribution in [2.75, 3.05) is 13.2 Å². The number of alkyl carbamates (subject to hydrolysis) is 1. The number of carbonyl (C=O) groups is 2. The van der Waals surface area contributed by atoms with Gasteiger partial charge in [0.25, 0.3) is 0 Å². The summed E-state index contributed by atoms with van der Waals surface area (Å²) in [6.45, 7) is 9.47. The molecule has 0 rings (SSSR count). The molecule has 8 nitrogen and oxygen atoms in total. The van der Waals surface area contributed by atoms with E-state index in [-0.39, 0.29) is 6.61 Å². The number of carbonyl (C=O) groups excluding carboxylic acids is 2. The third kappa shape index (κ3) is 11.3. The van der Waals surface area contributed by atoms with Gasteiger partial charge in [0, 0.05) is 6.54 Å². The Morgan fingerprint density at radius 3 is 2.43 bits per heavy atom. The molecule has 0 aliphatic heterocycles. The zero-order valence-electron chi connectivity index (χ0n) is 14.6. The van der Waals surface area contributed by atoms with Gasteiger partial charge in [-0.2, -0.15) is 0 Å². The standard InChI is InChI=1S/C15H29N3O5/c1-6-22-13(19)12(17-14(20)23-15(3,4)5)9-7-8-10-16-11(2)18-21/h12,21H,6-10H2,1-5H3,(H,16,18)(H,17,20). The Morgan fingerprint density at radius 1 is 1.26 bits per heavy atom. The number of nitrogens with zero attached hydrogens (tertiary/aromatic N) is 1. The summed E-state index contributed by atoms with van der Waals surface area (Å²) in [6, 6.07) is -0.739. The van der Waals surface area contributed by atoms with Gasteiger partial charge in [-0.05, 0) is 53.9 Å². The van der Waals surface area contributed by atoms with Crippen molar-refractivity contribution in [1.82, 2.24) is 10.6 Å². The molecule has 0 aromatic rings. The minimum Gasteiger partial charge on any atom is -0.464 e. The maximum absolute atomic E-state index is 11.9. The monoisotopic (exact) mass is 331 g/mol. The van der Waals surface area contributed by atoms with Crippen LogP contribution in [0, 0.1) is 0 Å². The quantitative estimate of drug-likeness (QED) is 0.157. The molecule has 0 radical (unpaired) electrons. The zero-order valence-corrected chi connectivity index (χ0v) is 14.6. The molecule has 0 aliphatic carbocycles. The van der Waals surface area contributed by atoms with E-state index in [2.05, 4.69) is 15.8 Å². The highest BCUT2D eigenvalue weighted by molar-refractivity contribution is 5.81. The first-order chi connectivity index (χ1) is 10.7. The van der Waals surface area contributed by atoms with Gasteiger partial charge in [-0.25, -0.2) is 9.59 Å². The Bertz CT molecular complexity index is 404. The lowest BCUT2D eigenvalue weighted by atomic mass is 10.1. The molecule has 3 N–H and O–H groups in total. The normalized spacial score (nSPS) is 13.2. The molecule has 23 heavy (non-hydrogen) atoms. The van der Waals surface area contributed by atoms with Gasteiger partial charge in [0.15, 0.2) is 0 Å². The molecule has 1 atom stereocenters. The van der Waals surface area contributed by atoms with E-state index in [1.165, 1.54) is 0 Å². The second-order valence-corrected chi connectivity index (χ2v) is 6.06. The van der Waals surface area contributed by atoms with Crippen LogP contribution in [0.15, 0.2) is 5.16 Å². The lowest BCUT2D eigenvalue weighted by Gasteiger charge is -2.22. The smallest absolute Gasteiger partial charge is 0.408 e. The minimum atomic E-state index is -0.739. The minimum absolute atomic E-state index is 0.249. The number of amides is 1. The molecule has 0 heterocycles. The van der Waals surface area contributed by atoms with Crippen LogP contribution in [0.1, 0.15) is 53.9 Å². The number of nitrogens with one attached hydrogen (secondary N) is 2. The molecule has 0 spiro atoms. The number of esters is 1. The fraction of sp³-hybridized carbons (Fsp3) is 0.800.